The zero-order valence-corrected chi connectivity index (χ0v) is 22.6. The average molecular weight is 520 g/mol. The summed E-state index contributed by atoms with van der Waals surface area (Å²) in [5.41, 5.74) is 3.35. The van der Waals surface area contributed by atoms with Gasteiger partial charge < -0.3 is 9.84 Å². The summed E-state index contributed by atoms with van der Waals surface area (Å²) in [6.45, 7) is 5.84. The number of nitrogens with zero attached hydrogens (tertiary/aromatic N) is 2. The predicted octanol–water partition coefficient (Wildman–Crippen LogP) is 6.72. The summed E-state index contributed by atoms with van der Waals surface area (Å²) in [7, 11) is 0. The molecule has 1 N–H and O–H groups in total. The molecule has 39 heavy (non-hydrogen) atoms. The van der Waals surface area contributed by atoms with Crippen LogP contribution in [0.1, 0.15) is 66.8 Å². The van der Waals surface area contributed by atoms with E-state index in [2.05, 4.69) is 15.5 Å². The Labute approximate surface area is 229 Å². The van der Waals surface area contributed by atoms with Crippen LogP contribution in [-0.2, 0) is 15.7 Å². The summed E-state index contributed by atoms with van der Waals surface area (Å²) in [4.78, 5) is 31.3. The van der Waals surface area contributed by atoms with Gasteiger partial charge in [-0.2, -0.15) is 4.98 Å². The monoisotopic (exact) mass is 519 g/mol. The maximum atomic E-state index is 14.0. The van der Waals surface area contributed by atoms with Gasteiger partial charge in [0, 0.05) is 11.1 Å². The molecular formula is C33H33N3O3. The molecule has 1 aromatic heterocycles. The molecule has 198 valence electrons. The van der Waals surface area contributed by atoms with Crippen molar-refractivity contribution in [1.82, 2.24) is 15.5 Å². The third-order valence-corrected chi connectivity index (χ3v) is 7.71. The van der Waals surface area contributed by atoms with Crippen LogP contribution in [0.15, 0.2) is 101 Å². The van der Waals surface area contributed by atoms with Crippen molar-refractivity contribution in [2.24, 2.45) is 0 Å². The van der Waals surface area contributed by atoms with Gasteiger partial charge in [-0.05, 0) is 75.8 Å². The molecule has 6 nitrogen and oxygen atoms in total. The van der Waals surface area contributed by atoms with E-state index in [1.54, 1.807) is 25.1 Å². The maximum absolute atomic E-state index is 14.0. The topological polar surface area (TPSA) is 85.1 Å². The summed E-state index contributed by atoms with van der Waals surface area (Å²) in [6.07, 6.45) is 4.38. The number of hydrogen-bond acceptors (Lipinski definition) is 5. The highest BCUT2D eigenvalue weighted by molar-refractivity contribution is 6.05. The van der Waals surface area contributed by atoms with Gasteiger partial charge in [-0.3, -0.25) is 9.59 Å². The molecule has 0 atom stereocenters. The first-order chi connectivity index (χ1) is 18.8. The van der Waals surface area contributed by atoms with Crippen molar-refractivity contribution < 1.29 is 14.1 Å². The molecule has 1 saturated carbocycles. The van der Waals surface area contributed by atoms with Crippen LogP contribution in [0, 0.1) is 6.92 Å². The molecule has 0 spiro atoms. The Morgan fingerprint density at radius 3 is 2.10 bits per heavy atom. The van der Waals surface area contributed by atoms with Crippen LogP contribution in [0.5, 0.6) is 0 Å². The maximum Gasteiger partial charge on any atom is 0.257 e. The van der Waals surface area contributed by atoms with Gasteiger partial charge in [0.2, 0.25) is 5.91 Å². The summed E-state index contributed by atoms with van der Waals surface area (Å²) < 4.78 is 5.21. The number of allylic oxidation sites excluding steroid dienone is 2. The van der Waals surface area contributed by atoms with E-state index in [0.29, 0.717) is 43.0 Å². The van der Waals surface area contributed by atoms with Gasteiger partial charge in [-0.1, -0.05) is 83.5 Å². The first kappa shape index (κ1) is 26.3. The van der Waals surface area contributed by atoms with E-state index < -0.39 is 11.0 Å². The fraction of sp³-hybridized carbons (Fsp3) is 0.273. The van der Waals surface area contributed by atoms with Crippen LogP contribution in [-0.4, -0.2) is 21.8 Å². The van der Waals surface area contributed by atoms with E-state index in [4.69, 9.17) is 4.52 Å². The van der Waals surface area contributed by atoms with Gasteiger partial charge in [-0.25, -0.2) is 0 Å². The van der Waals surface area contributed by atoms with Crippen molar-refractivity contribution in [2.75, 3.05) is 0 Å². The molecule has 4 aromatic rings. The molecule has 0 unspecified atom stereocenters. The van der Waals surface area contributed by atoms with Crippen LogP contribution in [0.2, 0.25) is 0 Å². The molecule has 0 saturated heterocycles. The van der Waals surface area contributed by atoms with Crippen molar-refractivity contribution in [3.05, 3.63) is 119 Å². The normalized spacial score (nSPS) is 17.5. The zero-order chi connectivity index (χ0) is 27.5. The first-order valence-corrected chi connectivity index (χ1v) is 13.4. The highest BCUT2D eigenvalue weighted by atomic mass is 16.5. The van der Waals surface area contributed by atoms with Crippen molar-refractivity contribution in [3.63, 3.8) is 0 Å². The smallest absolute Gasteiger partial charge is 0.257 e. The van der Waals surface area contributed by atoms with Crippen LogP contribution in [0.25, 0.3) is 11.5 Å². The minimum absolute atomic E-state index is 0.0276. The minimum atomic E-state index is -0.655. The number of nitrogens with one attached hydrogen (secondary N) is 1. The second kappa shape index (κ2) is 10.8. The lowest BCUT2D eigenvalue weighted by Gasteiger charge is -2.40. The molecule has 1 heterocycles. The molecule has 6 heteroatoms. The summed E-state index contributed by atoms with van der Waals surface area (Å²) in [5.74, 6) is 0.985. The molecule has 0 radical (unpaired) electrons. The third kappa shape index (κ3) is 5.60. The Balaban J connectivity index is 1.33. The average Bonchev–Trinajstić information content (AvgIpc) is 3.40. The second-order valence-corrected chi connectivity index (χ2v) is 10.8. The van der Waals surface area contributed by atoms with Crippen molar-refractivity contribution in [3.8, 4) is 11.5 Å². The fourth-order valence-corrected chi connectivity index (χ4v) is 5.34. The lowest BCUT2D eigenvalue weighted by molar-refractivity contribution is -0.129. The molecule has 3 aromatic carbocycles. The number of carbonyl (C=O) groups is 2. The number of aromatic nitrogens is 2. The van der Waals surface area contributed by atoms with Gasteiger partial charge >= 0.3 is 0 Å². The van der Waals surface area contributed by atoms with Crippen LogP contribution in [0.3, 0.4) is 0 Å². The number of carbonyl (C=O) groups excluding carboxylic acids is 2. The Morgan fingerprint density at radius 2 is 1.51 bits per heavy atom. The van der Waals surface area contributed by atoms with Gasteiger partial charge in [-0.15, -0.1) is 0 Å². The predicted molar refractivity (Wildman–Crippen MR) is 151 cm³/mol. The standard InChI is InChI=1S/C33H33N3O3/c1-23-34-30(39-36-23)26-16-14-25(15-17-26)29(37)22-24-18-20-33(21-19-24,28-12-8-5-9-13-28)31(38)35-32(2,3)27-10-6-4-7-11-27/h4-17,22H,18-21H2,1-3H3,(H,35,38). The van der Waals surface area contributed by atoms with E-state index in [9.17, 15) is 9.59 Å². The van der Waals surface area contributed by atoms with Crippen LogP contribution < -0.4 is 5.32 Å². The van der Waals surface area contributed by atoms with Crippen molar-refractivity contribution >= 4 is 11.7 Å². The van der Waals surface area contributed by atoms with E-state index in [1.807, 2.05) is 86.6 Å². The molecule has 1 fully saturated rings. The lowest BCUT2D eigenvalue weighted by Crippen LogP contribution is -2.52. The number of ketones is 1. The fourth-order valence-electron chi connectivity index (χ4n) is 5.34. The molecule has 1 aliphatic rings. The Bertz CT molecular complexity index is 1480. The largest absolute Gasteiger partial charge is 0.346 e. The van der Waals surface area contributed by atoms with Gasteiger partial charge in [0.1, 0.15) is 0 Å². The number of rotatable bonds is 7. The molecule has 1 amide bonds. The van der Waals surface area contributed by atoms with Crippen molar-refractivity contribution in [1.29, 1.82) is 0 Å². The van der Waals surface area contributed by atoms with Gasteiger partial charge in [0.15, 0.2) is 11.6 Å². The number of aryl methyl sites for hydroxylation is 1. The quantitative estimate of drug-likeness (QED) is 0.216. The van der Waals surface area contributed by atoms with E-state index in [0.717, 1.165) is 22.3 Å². The highest BCUT2D eigenvalue weighted by Crippen LogP contribution is 2.42. The number of hydrogen-bond donors (Lipinski definition) is 1. The Morgan fingerprint density at radius 1 is 0.897 bits per heavy atom. The summed E-state index contributed by atoms with van der Waals surface area (Å²) >= 11 is 0. The van der Waals surface area contributed by atoms with E-state index >= 15 is 0 Å². The third-order valence-electron chi connectivity index (χ3n) is 7.71. The SMILES string of the molecule is Cc1noc(-c2ccc(C(=O)C=C3CCC(C(=O)NC(C)(C)c4ccccc4)(c4ccccc4)CC3)cc2)n1. The van der Waals surface area contributed by atoms with Gasteiger partial charge in [0.05, 0.1) is 11.0 Å². The molecule has 5 rings (SSSR count). The Kier molecular flexibility index (Phi) is 7.29. The Hall–Kier alpha value is -4.32. The summed E-state index contributed by atoms with van der Waals surface area (Å²) in [6, 6.07) is 27.3. The van der Waals surface area contributed by atoms with Crippen LogP contribution in [0.4, 0.5) is 0 Å². The number of amides is 1. The van der Waals surface area contributed by atoms with E-state index in [-0.39, 0.29) is 11.7 Å². The number of benzene rings is 3. The highest BCUT2D eigenvalue weighted by Gasteiger charge is 2.43. The molecule has 1 aliphatic carbocycles. The first-order valence-electron chi connectivity index (χ1n) is 13.4. The van der Waals surface area contributed by atoms with Crippen LogP contribution >= 0.6 is 0 Å². The lowest BCUT2D eigenvalue weighted by atomic mass is 9.67. The zero-order valence-electron chi connectivity index (χ0n) is 22.6. The molecular weight excluding hydrogens is 486 g/mol. The van der Waals surface area contributed by atoms with E-state index in [1.165, 1.54) is 0 Å². The van der Waals surface area contributed by atoms with Gasteiger partial charge in [0.25, 0.3) is 5.89 Å². The molecule has 0 aliphatic heterocycles. The minimum Gasteiger partial charge on any atom is -0.346 e. The molecule has 0 bridgehead atoms. The summed E-state index contributed by atoms with van der Waals surface area (Å²) in [5, 5.41) is 7.16. The second-order valence-electron chi connectivity index (χ2n) is 10.8. The van der Waals surface area contributed by atoms with Crippen molar-refractivity contribution in [2.45, 2.75) is 57.4 Å².